The minimum Gasteiger partial charge on any atom is -0.496 e. The van der Waals surface area contributed by atoms with Crippen LogP contribution in [0.25, 0.3) is 21.5 Å². The number of hydrogen-bond donors (Lipinski definition) is 1. The fourth-order valence-electron chi connectivity index (χ4n) is 5.46. The molecule has 0 saturated heterocycles. The zero-order valence-corrected chi connectivity index (χ0v) is 23.1. The van der Waals surface area contributed by atoms with Crippen molar-refractivity contribution in [3.05, 3.63) is 124 Å². The van der Waals surface area contributed by atoms with Gasteiger partial charge in [0.15, 0.2) is 0 Å². The molecule has 0 aliphatic heterocycles. The van der Waals surface area contributed by atoms with Crippen LogP contribution in [0.1, 0.15) is 29.0 Å². The van der Waals surface area contributed by atoms with Gasteiger partial charge in [-0.1, -0.05) is 94.8 Å². The van der Waals surface area contributed by atoms with Crippen molar-refractivity contribution in [3.63, 3.8) is 0 Å². The van der Waals surface area contributed by atoms with Crippen LogP contribution in [0, 0.1) is 0 Å². The number of nitrogens with zero attached hydrogens (tertiary/aromatic N) is 1. The second-order valence-electron chi connectivity index (χ2n) is 9.93. The average Bonchev–Trinajstić information content (AvgIpc) is 2.92. The molecule has 2 atom stereocenters. The van der Waals surface area contributed by atoms with Gasteiger partial charge in [-0.3, -0.25) is 0 Å². The standard InChI is InChI=1S/C33H32BrNO2/c1-35(2)19-18-33(36,30-15-9-13-23-10-7-8-14-28(23)30)32(24-11-5-4-6-12-24)29-21-26-20-27(34)17-16-25(26)22-31(29)37-3/h4-17,20-22,32,36H,18-19H2,1-3H3. The molecule has 5 rings (SSSR count). The van der Waals surface area contributed by atoms with E-state index in [9.17, 15) is 5.11 Å². The van der Waals surface area contributed by atoms with Crippen molar-refractivity contribution in [3.8, 4) is 5.75 Å². The fraction of sp³-hybridized carbons (Fsp3) is 0.212. The summed E-state index contributed by atoms with van der Waals surface area (Å²) in [5, 5.41) is 17.4. The van der Waals surface area contributed by atoms with E-state index in [0.29, 0.717) is 6.42 Å². The van der Waals surface area contributed by atoms with Gasteiger partial charge in [-0.25, -0.2) is 0 Å². The third-order valence-corrected chi connectivity index (χ3v) is 7.76. The first-order chi connectivity index (χ1) is 17.9. The highest BCUT2D eigenvalue weighted by Crippen LogP contribution is 2.49. The highest BCUT2D eigenvalue weighted by molar-refractivity contribution is 9.10. The molecular weight excluding hydrogens is 522 g/mol. The molecule has 5 aromatic carbocycles. The number of benzene rings is 5. The Morgan fingerprint density at radius 3 is 2.30 bits per heavy atom. The fourth-order valence-corrected chi connectivity index (χ4v) is 5.84. The van der Waals surface area contributed by atoms with Gasteiger partial charge in [0.1, 0.15) is 11.4 Å². The molecule has 4 heteroatoms. The maximum atomic E-state index is 13.1. The predicted molar refractivity (Wildman–Crippen MR) is 158 cm³/mol. The zero-order valence-electron chi connectivity index (χ0n) is 21.5. The normalized spacial score (nSPS) is 14.1. The zero-order chi connectivity index (χ0) is 26.0. The second-order valence-corrected chi connectivity index (χ2v) is 10.8. The van der Waals surface area contributed by atoms with Gasteiger partial charge in [0.2, 0.25) is 0 Å². The Morgan fingerprint density at radius 2 is 1.54 bits per heavy atom. The summed E-state index contributed by atoms with van der Waals surface area (Å²) < 4.78 is 7.01. The molecule has 0 saturated carbocycles. The van der Waals surface area contributed by atoms with Crippen LogP contribution in [-0.2, 0) is 5.60 Å². The Bertz CT molecular complexity index is 1530. The van der Waals surface area contributed by atoms with Gasteiger partial charge in [0.25, 0.3) is 0 Å². The molecule has 0 aliphatic rings. The monoisotopic (exact) mass is 553 g/mol. The summed E-state index contributed by atoms with van der Waals surface area (Å²) in [7, 11) is 5.81. The van der Waals surface area contributed by atoms with Crippen LogP contribution < -0.4 is 4.74 Å². The number of rotatable bonds is 8. The summed E-state index contributed by atoms with van der Waals surface area (Å²) in [6.07, 6.45) is 0.549. The summed E-state index contributed by atoms with van der Waals surface area (Å²) in [4.78, 5) is 2.13. The molecule has 2 unspecified atom stereocenters. The van der Waals surface area contributed by atoms with Gasteiger partial charge in [-0.05, 0) is 77.5 Å². The van der Waals surface area contributed by atoms with Crippen molar-refractivity contribution in [2.24, 2.45) is 0 Å². The van der Waals surface area contributed by atoms with Crippen molar-refractivity contribution >= 4 is 37.5 Å². The largest absolute Gasteiger partial charge is 0.496 e. The van der Waals surface area contributed by atoms with E-state index >= 15 is 0 Å². The molecule has 0 radical (unpaired) electrons. The number of halogens is 1. The lowest BCUT2D eigenvalue weighted by atomic mass is 9.70. The first-order valence-corrected chi connectivity index (χ1v) is 13.4. The lowest BCUT2D eigenvalue weighted by Gasteiger charge is -2.40. The van der Waals surface area contributed by atoms with Gasteiger partial charge in [-0.15, -0.1) is 0 Å². The molecule has 3 nitrogen and oxygen atoms in total. The molecule has 5 aromatic rings. The van der Waals surface area contributed by atoms with E-state index in [1.807, 2.05) is 36.4 Å². The van der Waals surface area contributed by atoms with Crippen LogP contribution in [0.15, 0.2) is 108 Å². The van der Waals surface area contributed by atoms with Crippen LogP contribution in [0.5, 0.6) is 5.75 Å². The first kappa shape index (κ1) is 25.5. The molecule has 0 amide bonds. The van der Waals surface area contributed by atoms with Crippen LogP contribution in [-0.4, -0.2) is 37.8 Å². The van der Waals surface area contributed by atoms with Crippen molar-refractivity contribution in [1.82, 2.24) is 4.90 Å². The minimum atomic E-state index is -1.21. The maximum Gasteiger partial charge on any atom is 0.123 e. The Morgan fingerprint density at radius 1 is 0.811 bits per heavy atom. The van der Waals surface area contributed by atoms with Crippen LogP contribution in [0.2, 0.25) is 0 Å². The Balaban J connectivity index is 1.84. The minimum absolute atomic E-state index is 0.363. The highest BCUT2D eigenvalue weighted by Gasteiger charge is 2.42. The Hall–Kier alpha value is -3.18. The van der Waals surface area contributed by atoms with E-state index in [-0.39, 0.29) is 5.92 Å². The number of hydrogen-bond acceptors (Lipinski definition) is 3. The lowest BCUT2D eigenvalue weighted by Crippen LogP contribution is -2.38. The van der Waals surface area contributed by atoms with Gasteiger partial charge in [0, 0.05) is 22.5 Å². The van der Waals surface area contributed by atoms with E-state index in [1.54, 1.807) is 7.11 Å². The van der Waals surface area contributed by atoms with Crippen LogP contribution in [0.3, 0.4) is 0 Å². The number of fused-ring (bicyclic) bond motifs is 2. The van der Waals surface area contributed by atoms with Gasteiger partial charge >= 0.3 is 0 Å². The van der Waals surface area contributed by atoms with Crippen LogP contribution in [0.4, 0.5) is 0 Å². The van der Waals surface area contributed by atoms with E-state index in [2.05, 4.69) is 102 Å². The number of ether oxygens (including phenoxy) is 1. The SMILES string of the molecule is COc1cc2ccc(Br)cc2cc1C(c1ccccc1)C(O)(CCN(C)C)c1cccc2ccccc12. The highest BCUT2D eigenvalue weighted by atomic mass is 79.9. The van der Waals surface area contributed by atoms with E-state index < -0.39 is 5.60 Å². The van der Waals surface area contributed by atoms with Crippen LogP contribution >= 0.6 is 15.9 Å². The van der Waals surface area contributed by atoms with Crippen molar-refractivity contribution in [2.45, 2.75) is 17.9 Å². The van der Waals surface area contributed by atoms with Gasteiger partial charge in [-0.2, -0.15) is 0 Å². The Kier molecular flexibility index (Phi) is 7.34. The molecular formula is C33H32BrNO2. The molecule has 0 heterocycles. The van der Waals surface area contributed by atoms with E-state index in [1.165, 1.54) is 0 Å². The third kappa shape index (κ3) is 5.02. The molecule has 188 valence electrons. The molecule has 0 bridgehead atoms. The maximum absolute atomic E-state index is 13.1. The summed E-state index contributed by atoms with van der Waals surface area (Å²) in [6.45, 7) is 0.727. The van der Waals surface area contributed by atoms with E-state index in [0.717, 1.165) is 55.0 Å². The van der Waals surface area contributed by atoms with E-state index in [4.69, 9.17) is 4.74 Å². The molecule has 0 aliphatic carbocycles. The summed E-state index contributed by atoms with van der Waals surface area (Å²) in [5.41, 5.74) is 1.73. The first-order valence-electron chi connectivity index (χ1n) is 12.6. The van der Waals surface area contributed by atoms with Gasteiger partial charge < -0.3 is 14.7 Å². The quantitative estimate of drug-likeness (QED) is 0.213. The summed E-state index contributed by atoms with van der Waals surface area (Å²) >= 11 is 3.63. The van der Waals surface area contributed by atoms with Crippen molar-refractivity contribution in [2.75, 3.05) is 27.7 Å². The second kappa shape index (κ2) is 10.7. The lowest BCUT2D eigenvalue weighted by molar-refractivity contribution is 0.00534. The summed E-state index contributed by atoms with van der Waals surface area (Å²) in [6, 6.07) is 35.4. The number of aliphatic hydroxyl groups is 1. The number of methoxy groups -OCH3 is 1. The smallest absolute Gasteiger partial charge is 0.123 e. The average molecular weight is 555 g/mol. The Labute approximate surface area is 227 Å². The molecule has 1 N–H and O–H groups in total. The van der Waals surface area contributed by atoms with Crippen molar-refractivity contribution < 1.29 is 9.84 Å². The van der Waals surface area contributed by atoms with Gasteiger partial charge in [0.05, 0.1) is 7.11 Å². The van der Waals surface area contributed by atoms with Crippen molar-refractivity contribution in [1.29, 1.82) is 0 Å². The molecule has 0 aromatic heterocycles. The topological polar surface area (TPSA) is 32.7 Å². The molecule has 0 fully saturated rings. The predicted octanol–water partition coefficient (Wildman–Crippen LogP) is 7.74. The molecule has 0 spiro atoms. The summed E-state index contributed by atoms with van der Waals surface area (Å²) in [5.74, 6) is 0.407. The third-order valence-electron chi connectivity index (χ3n) is 7.27. The molecule has 37 heavy (non-hydrogen) atoms.